The second-order valence-corrected chi connectivity index (χ2v) is 3.54. The molecule has 0 atom stereocenters. The number of carbonyl (C=O) groups excluding carboxylic acids is 1. The first-order valence-corrected chi connectivity index (χ1v) is 5.17. The van der Waals surface area contributed by atoms with Gasteiger partial charge >= 0.3 is 0 Å². The molecule has 0 aliphatic rings. The zero-order chi connectivity index (χ0) is 12.1. The van der Waals surface area contributed by atoms with Gasteiger partial charge in [0.15, 0.2) is 6.29 Å². The van der Waals surface area contributed by atoms with Crippen LogP contribution in [0.3, 0.4) is 0 Å². The third-order valence-corrected chi connectivity index (χ3v) is 2.21. The highest BCUT2D eigenvalue weighted by Gasteiger charge is 2.01. The number of nitrogen functional groups attached to an aromatic ring is 1. The summed E-state index contributed by atoms with van der Waals surface area (Å²) >= 11 is 0. The lowest BCUT2D eigenvalue weighted by Crippen LogP contribution is -1.99. The first kappa shape index (κ1) is 11.1. The van der Waals surface area contributed by atoms with Gasteiger partial charge in [0.1, 0.15) is 23.9 Å². The number of rotatable bonds is 4. The molecule has 0 saturated carbocycles. The van der Waals surface area contributed by atoms with E-state index in [1.165, 1.54) is 0 Å². The molecule has 2 aromatic rings. The fourth-order valence-corrected chi connectivity index (χ4v) is 1.43. The first-order chi connectivity index (χ1) is 8.28. The number of benzene rings is 1. The van der Waals surface area contributed by atoms with Gasteiger partial charge in [0.05, 0.1) is 0 Å². The van der Waals surface area contributed by atoms with E-state index in [-0.39, 0.29) is 11.5 Å². The summed E-state index contributed by atoms with van der Waals surface area (Å²) in [6.45, 7) is 0.433. The normalized spacial score (nSPS) is 9.88. The number of nitrogens with zero attached hydrogens (tertiary/aromatic N) is 1. The van der Waals surface area contributed by atoms with Gasteiger partial charge in [0.25, 0.3) is 0 Å². The van der Waals surface area contributed by atoms with E-state index in [1.54, 1.807) is 12.1 Å². The Labute approximate surface area is 99.1 Å². The van der Waals surface area contributed by atoms with Gasteiger partial charge in [0.2, 0.25) is 0 Å². The van der Waals surface area contributed by atoms with Gasteiger partial charge in [-0.3, -0.25) is 4.79 Å². The highest BCUT2D eigenvalue weighted by atomic mass is 16.5. The third-order valence-electron chi connectivity index (χ3n) is 2.21. The van der Waals surface area contributed by atoms with Crippen LogP contribution in [0, 0.1) is 0 Å². The van der Waals surface area contributed by atoms with Crippen molar-refractivity contribution in [3.05, 3.63) is 53.7 Å². The van der Waals surface area contributed by atoms with Crippen LogP contribution in [0.1, 0.15) is 16.1 Å². The Morgan fingerprint density at radius 2 is 2.00 bits per heavy atom. The molecule has 0 amide bonds. The van der Waals surface area contributed by atoms with Crippen molar-refractivity contribution in [1.29, 1.82) is 0 Å². The number of pyridine rings is 1. The van der Waals surface area contributed by atoms with Gasteiger partial charge in [-0.15, -0.1) is 0 Å². The molecule has 0 spiro atoms. The van der Waals surface area contributed by atoms with E-state index in [0.29, 0.717) is 18.6 Å². The number of carbonyl (C=O) groups is 1. The Morgan fingerprint density at radius 1 is 1.24 bits per heavy atom. The standard InChI is InChI=1S/C13H12N2O2/c14-13-7-12(6-11(8-16)15-13)17-9-10-4-2-1-3-5-10/h1-8H,9H2,(H2,14,15). The molecular weight excluding hydrogens is 216 g/mol. The molecule has 1 aromatic heterocycles. The second-order valence-electron chi connectivity index (χ2n) is 3.54. The molecule has 2 rings (SSSR count). The summed E-state index contributed by atoms with van der Waals surface area (Å²) < 4.78 is 5.54. The molecule has 1 aromatic carbocycles. The molecule has 17 heavy (non-hydrogen) atoms. The molecule has 0 radical (unpaired) electrons. The first-order valence-electron chi connectivity index (χ1n) is 5.17. The summed E-state index contributed by atoms with van der Waals surface area (Å²) in [6.07, 6.45) is 0.645. The minimum atomic E-state index is 0.271. The molecule has 0 aliphatic carbocycles. The van der Waals surface area contributed by atoms with Crippen molar-refractivity contribution in [3.63, 3.8) is 0 Å². The van der Waals surface area contributed by atoms with Gasteiger partial charge in [-0.05, 0) is 5.56 Å². The highest BCUT2D eigenvalue weighted by Crippen LogP contribution is 2.16. The topological polar surface area (TPSA) is 65.2 Å². The summed E-state index contributed by atoms with van der Waals surface area (Å²) in [5.41, 5.74) is 6.88. The lowest BCUT2D eigenvalue weighted by atomic mass is 10.2. The highest BCUT2D eigenvalue weighted by molar-refractivity contribution is 5.73. The average Bonchev–Trinajstić information content (AvgIpc) is 2.37. The van der Waals surface area contributed by atoms with Crippen molar-refractivity contribution >= 4 is 12.1 Å². The van der Waals surface area contributed by atoms with Crippen molar-refractivity contribution in [1.82, 2.24) is 4.98 Å². The number of ether oxygens (including phenoxy) is 1. The van der Waals surface area contributed by atoms with E-state index in [1.807, 2.05) is 30.3 Å². The Kier molecular flexibility index (Phi) is 3.35. The number of hydrogen-bond acceptors (Lipinski definition) is 4. The Bertz CT molecular complexity index is 512. The predicted octanol–water partition coefficient (Wildman–Crippen LogP) is 2.06. The predicted molar refractivity (Wildman–Crippen MR) is 64.8 cm³/mol. The van der Waals surface area contributed by atoms with Gasteiger partial charge < -0.3 is 10.5 Å². The molecule has 4 nitrogen and oxygen atoms in total. The van der Waals surface area contributed by atoms with Crippen LogP contribution in [-0.4, -0.2) is 11.3 Å². The minimum absolute atomic E-state index is 0.271. The summed E-state index contributed by atoms with van der Waals surface area (Å²) in [6, 6.07) is 12.9. The summed E-state index contributed by atoms with van der Waals surface area (Å²) in [4.78, 5) is 14.4. The van der Waals surface area contributed by atoms with Gasteiger partial charge in [-0.1, -0.05) is 30.3 Å². The minimum Gasteiger partial charge on any atom is -0.489 e. The van der Waals surface area contributed by atoms with Crippen LogP contribution in [0.15, 0.2) is 42.5 Å². The van der Waals surface area contributed by atoms with E-state index in [9.17, 15) is 4.79 Å². The van der Waals surface area contributed by atoms with E-state index in [0.717, 1.165) is 5.56 Å². The summed E-state index contributed by atoms with van der Waals surface area (Å²) in [7, 11) is 0. The maximum atomic E-state index is 10.6. The van der Waals surface area contributed by atoms with Crippen molar-refractivity contribution in [2.75, 3.05) is 5.73 Å². The molecule has 0 aliphatic heterocycles. The maximum Gasteiger partial charge on any atom is 0.168 e. The van der Waals surface area contributed by atoms with Crippen molar-refractivity contribution in [2.45, 2.75) is 6.61 Å². The van der Waals surface area contributed by atoms with E-state index < -0.39 is 0 Å². The Hall–Kier alpha value is -2.36. The lowest BCUT2D eigenvalue weighted by Gasteiger charge is -2.07. The molecule has 2 N–H and O–H groups in total. The van der Waals surface area contributed by atoms with Crippen LogP contribution >= 0.6 is 0 Å². The number of anilines is 1. The molecule has 86 valence electrons. The molecule has 1 heterocycles. The second kappa shape index (κ2) is 5.12. The monoisotopic (exact) mass is 228 g/mol. The quantitative estimate of drug-likeness (QED) is 0.813. The van der Waals surface area contributed by atoms with Gasteiger partial charge in [-0.25, -0.2) is 4.98 Å². The maximum absolute atomic E-state index is 10.6. The number of aromatic nitrogens is 1. The van der Waals surface area contributed by atoms with Crippen LogP contribution in [0.5, 0.6) is 5.75 Å². The Morgan fingerprint density at radius 3 is 2.71 bits per heavy atom. The average molecular weight is 228 g/mol. The van der Waals surface area contributed by atoms with Crippen LogP contribution in [0.25, 0.3) is 0 Å². The van der Waals surface area contributed by atoms with Gasteiger partial charge in [-0.2, -0.15) is 0 Å². The molecule has 0 saturated heterocycles. The molecule has 0 unspecified atom stereocenters. The molecule has 0 bridgehead atoms. The van der Waals surface area contributed by atoms with Crippen molar-refractivity contribution in [2.24, 2.45) is 0 Å². The van der Waals surface area contributed by atoms with E-state index >= 15 is 0 Å². The van der Waals surface area contributed by atoms with Crippen LogP contribution < -0.4 is 10.5 Å². The lowest BCUT2D eigenvalue weighted by molar-refractivity contribution is 0.111. The number of hydrogen-bond donors (Lipinski definition) is 1. The Balaban J connectivity index is 2.09. The summed E-state index contributed by atoms with van der Waals surface area (Å²) in [5, 5.41) is 0. The third kappa shape index (κ3) is 3.04. The van der Waals surface area contributed by atoms with Crippen LogP contribution in [0.2, 0.25) is 0 Å². The fourth-order valence-electron chi connectivity index (χ4n) is 1.43. The van der Waals surface area contributed by atoms with E-state index in [4.69, 9.17) is 10.5 Å². The van der Waals surface area contributed by atoms with Gasteiger partial charge in [0, 0.05) is 12.1 Å². The molecule has 4 heteroatoms. The fraction of sp³-hybridized carbons (Fsp3) is 0.0769. The smallest absolute Gasteiger partial charge is 0.168 e. The SMILES string of the molecule is Nc1cc(OCc2ccccc2)cc(C=O)n1. The number of nitrogens with two attached hydrogens (primary N) is 1. The van der Waals surface area contributed by atoms with Crippen LogP contribution in [-0.2, 0) is 6.61 Å². The van der Waals surface area contributed by atoms with Crippen LogP contribution in [0.4, 0.5) is 5.82 Å². The zero-order valence-electron chi connectivity index (χ0n) is 9.17. The largest absolute Gasteiger partial charge is 0.489 e. The van der Waals surface area contributed by atoms with Crippen molar-refractivity contribution < 1.29 is 9.53 Å². The van der Waals surface area contributed by atoms with Crippen molar-refractivity contribution in [3.8, 4) is 5.75 Å². The molecular formula is C13H12N2O2. The zero-order valence-corrected chi connectivity index (χ0v) is 9.17. The number of aldehydes is 1. The molecule has 0 fully saturated rings. The summed E-state index contributed by atoms with van der Waals surface area (Å²) in [5.74, 6) is 0.820. The van der Waals surface area contributed by atoms with E-state index in [2.05, 4.69) is 4.98 Å².